The lowest BCUT2D eigenvalue weighted by Gasteiger charge is -2.15. The summed E-state index contributed by atoms with van der Waals surface area (Å²) in [6, 6.07) is 8.65. The maximum absolute atomic E-state index is 3.55. The average Bonchev–Trinajstić information content (AvgIpc) is 2.88. The Balaban J connectivity index is 1.70. The molecule has 0 atom stereocenters. The zero-order valence-corrected chi connectivity index (χ0v) is 11.4. The van der Waals surface area contributed by atoms with Gasteiger partial charge in [0.1, 0.15) is 0 Å². The number of benzene rings is 1. The second-order valence-electron chi connectivity index (χ2n) is 4.54. The normalized spacial score (nSPS) is 16.5. The minimum Gasteiger partial charge on any atom is -0.311 e. The first-order chi connectivity index (χ1) is 8.40. The molecule has 0 amide bonds. The lowest BCUT2D eigenvalue weighted by molar-refractivity contribution is 0.335. The number of rotatable bonds is 6. The molecule has 1 heterocycles. The summed E-state index contributed by atoms with van der Waals surface area (Å²) in [5, 5.41) is 3.55. The van der Waals surface area contributed by atoms with Gasteiger partial charge in [0.05, 0.1) is 0 Å². The predicted octanol–water partition coefficient (Wildman–Crippen LogP) is 2.59. The van der Waals surface area contributed by atoms with E-state index in [0.717, 1.165) is 13.1 Å². The number of likely N-dealkylation sites (tertiary alicyclic amines) is 1. The molecule has 1 aliphatic heterocycles. The van der Waals surface area contributed by atoms with Crippen LogP contribution in [0.15, 0.2) is 29.2 Å². The second-order valence-corrected chi connectivity index (χ2v) is 5.39. The minimum absolute atomic E-state index is 0.991. The Bertz CT molecular complexity index is 335. The van der Waals surface area contributed by atoms with Gasteiger partial charge in [0.15, 0.2) is 0 Å². The van der Waals surface area contributed by atoms with Crippen molar-refractivity contribution in [1.29, 1.82) is 0 Å². The summed E-state index contributed by atoms with van der Waals surface area (Å²) in [5.41, 5.74) is 1.42. The van der Waals surface area contributed by atoms with E-state index in [4.69, 9.17) is 0 Å². The Labute approximate surface area is 109 Å². The van der Waals surface area contributed by atoms with Crippen LogP contribution in [0.5, 0.6) is 0 Å². The number of nitrogens with one attached hydrogen (secondary N) is 1. The average molecular weight is 250 g/mol. The molecule has 0 bridgehead atoms. The molecular weight excluding hydrogens is 228 g/mol. The van der Waals surface area contributed by atoms with Crippen molar-refractivity contribution in [2.75, 3.05) is 32.4 Å². The number of hydrogen-bond donors (Lipinski definition) is 1. The summed E-state index contributed by atoms with van der Waals surface area (Å²) < 4.78 is 0. The van der Waals surface area contributed by atoms with Crippen LogP contribution in [0, 0.1) is 0 Å². The minimum atomic E-state index is 0.991. The van der Waals surface area contributed by atoms with Crippen LogP contribution in [0.3, 0.4) is 0 Å². The summed E-state index contributed by atoms with van der Waals surface area (Å²) in [6.07, 6.45) is 4.91. The topological polar surface area (TPSA) is 15.3 Å². The maximum Gasteiger partial charge on any atom is 0.0217 e. The van der Waals surface area contributed by atoms with Crippen molar-refractivity contribution < 1.29 is 0 Å². The van der Waals surface area contributed by atoms with Crippen molar-refractivity contribution in [3.05, 3.63) is 29.8 Å². The first-order valence-electron chi connectivity index (χ1n) is 6.45. The third-order valence-corrected chi connectivity index (χ3v) is 4.15. The second kappa shape index (κ2) is 7.04. The van der Waals surface area contributed by atoms with Gasteiger partial charge < -0.3 is 10.2 Å². The lowest BCUT2D eigenvalue weighted by atomic mass is 10.2. The van der Waals surface area contributed by atoms with Crippen molar-refractivity contribution in [3.8, 4) is 0 Å². The zero-order chi connectivity index (χ0) is 11.9. The molecule has 3 heteroatoms. The Morgan fingerprint density at radius 1 is 1.24 bits per heavy atom. The highest BCUT2D eigenvalue weighted by molar-refractivity contribution is 7.98. The largest absolute Gasteiger partial charge is 0.311 e. The van der Waals surface area contributed by atoms with Crippen LogP contribution < -0.4 is 5.32 Å². The van der Waals surface area contributed by atoms with E-state index < -0.39 is 0 Å². The quantitative estimate of drug-likeness (QED) is 0.617. The Morgan fingerprint density at radius 2 is 2.00 bits per heavy atom. The smallest absolute Gasteiger partial charge is 0.0217 e. The molecule has 0 radical (unpaired) electrons. The van der Waals surface area contributed by atoms with E-state index in [1.54, 1.807) is 0 Å². The van der Waals surface area contributed by atoms with Crippen LogP contribution in [-0.4, -0.2) is 37.3 Å². The van der Waals surface area contributed by atoms with Gasteiger partial charge in [-0.05, 0) is 43.8 Å². The van der Waals surface area contributed by atoms with E-state index in [-0.39, 0.29) is 0 Å². The summed E-state index contributed by atoms with van der Waals surface area (Å²) >= 11 is 1.83. The van der Waals surface area contributed by atoms with Crippen molar-refractivity contribution in [3.63, 3.8) is 0 Å². The highest BCUT2D eigenvalue weighted by Crippen LogP contribution is 2.19. The molecule has 0 aromatic heterocycles. The van der Waals surface area contributed by atoms with Gasteiger partial charge in [0.25, 0.3) is 0 Å². The van der Waals surface area contributed by atoms with Crippen LogP contribution in [0.25, 0.3) is 0 Å². The molecule has 1 fully saturated rings. The van der Waals surface area contributed by atoms with E-state index in [2.05, 4.69) is 40.7 Å². The first kappa shape index (κ1) is 12.9. The van der Waals surface area contributed by atoms with Gasteiger partial charge in [-0.25, -0.2) is 0 Å². The molecule has 1 aliphatic rings. The molecule has 0 unspecified atom stereocenters. The zero-order valence-electron chi connectivity index (χ0n) is 10.6. The molecule has 1 aromatic carbocycles. The SMILES string of the molecule is CSc1ccccc1CNCCN1CCCC1. The molecule has 0 aliphatic carbocycles. The number of nitrogens with zero attached hydrogens (tertiary/aromatic N) is 1. The van der Waals surface area contributed by atoms with Crippen LogP contribution in [0.4, 0.5) is 0 Å². The van der Waals surface area contributed by atoms with Crippen molar-refractivity contribution >= 4 is 11.8 Å². The monoisotopic (exact) mass is 250 g/mol. The molecule has 0 spiro atoms. The highest BCUT2D eigenvalue weighted by Gasteiger charge is 2.10. The van der Waals surface area contributed by atoms with Crippen LogP contribution in [-0.2, 0) is 6.54 Å². The van der Waals surface area contributed by atoms with Crippen LogP contribution >= 0.6 is 11.8 Å². The summed E-state index contributed by atoms with van der Waals surface area (Å²) in [4.78, 5) is 3.94. The standard InChI is InChI=1S/C14H22N2S/c1-17-14-7-3-2-6-13(14)12-15-8-11-16-9-4-5-10-16/h2-3,6-7,15H,4-5,8-12H2,1H3. The van der Waals surface area contributed by atoms with Gasteiger partial charge in [-0.2, -0.15) is 0 Å². The summed E-state index contributed by atoms with van der Waals surface area (Å²) in [7, 11) is 0. The van der Waals surface area contributed by atoms with Gasteiger partial charge in [0.2, 0.25) is 0 Å². The summed E-state index contributed by atoms with van der Waals surface area (Å²) in [6.45, 7) is 5.88. The third-order valence-electron chi connectivity index (χ3n) is 3.31. The van der Waals surface area contributed by atoms with Gasteiger partial charge >= 0.3 is 0 Å². The van der Waals surface area contributed by atoms with E-state index in [1.807, 2.05) is 11.8 Å². The van der Waals surface area contributed by atoms with Gasteiger partial charge in [-0.1, -0.05) is 18.2 Å². The Hall–Kier alpha value is -0.510. The fraction of sp³-hybridized carbons (Fsp3) is 0.571. The van der Waals surface area contributed by atoms with E-state index >= 15 is 0 Å². The highest BCUT2D eigenvalue weighted by atomic mass is 32.2. The Kier molecular flexibility index (Phi) is 5.36. The summed E-state index contributed by atoms with van der Waals surface area (Å²) in [5.74, 6) is 0. The van der Waals surface area contributed by atoms with Crippen molar-refractivity contribution in [2.45, 2.75) is 24.3 Å². The molecule has 1 N–H and O–H groups in total. The lowest BCUT2D eigenvalue weighted by Crippen LogP contribution is -2.29. The molecule has 0 saturated carbocycles. The van der Waals surface area contributed by atoms with E-state index in [9.17, 15) is 0 Å². The maximum atomic E-state index is 3.55. The molecule has 94 valence electrons. The third kappa shape index (κ3) is 4.02. The number of hydrogen-bond acceptors (Lipinski definition) is 3. The molecular formula is C14H22N2S. The van der Waals surface area contributed by atoms with Gasteiger partial charge in [0, 0.05) is 24.5 Å². The first-order valence-corrected chi connectivity index (χ1v) is 7.67. The molecule has 2 rings (SSSR count). The van der Waals surface area contributed by atoms with Crippen LogP contribution in [0.2, 0.25) is 0 Å². The Morgan fingerprint density at radius 3 is 2.76 bits per heavy atom. The molecule has 2 nitrogen and oxygen atoms in total. The van der Waals surface area contributed by atoms with Crippen molar-refractivity contribution in [2.24, 2.45) is 0 Å². The van der Waals surface area contributed by atoms with Crippen LogP contribution in [0.1, 0.15) is 18.4 Å². The molecule has 1 saturated heterocycles. The molecule has 17 heavy (non-hydrogen) atoms. The number of thioether (sulfide) groups is 1. The van der Waals surface area contributed by atoms with E-state index in [0.29, 0.717) is 0 Å². The van der Waals surface area contributed by atoms with Gasteiger partial charge in [-0.15, -0.1) is 11.8 Å². The molecule has 1 aromatic rings. The van der Waals surface area contributed by atoms with Crippen molar-refractivity contribution in [1.82, 2.24) is 10.2 Å². The predicted molar refractivity (Wildman–Crippen MR) is 75.6 cm³/mol. The fourth-order valence-corrected chi connectivity index (χ4v) is 2.93. The van der Waals surface area contributed by atoms with E-state index in [1.165, 1.54) is 42.9 Å². The van der Waals surface area contributed by atoms with Gasteiger partial charge in [-0.3, -0.25) is 0 Å². The fourth-order valence-electron chi connectivity index (χ4n) is 2.32.